The molecule has 20 heavy (non-hydrogen) atoms. The number of hydrogen-bond acceptors (Lipinski definition) is 3. The number of nitrogens with zero attached hydrogens (tertiary/aromatic N) is 2. The average molecular weight is 290 g/mol. The molecule has 1 aromatic carbocycles. The Morgan fingerprint density at radius 2 is 1.95 bits per heavy atom. The number of benzene rings is 1. The van der Waals surface area contributed by atoms with E-state index in [1.807, 2.05) is 6.07 Å². The predicted molar refractivity (Wildman–Crippen MR) is 79.0 cm³/mol. The normalized spacial score (nSPS) is 21.5. The molecule has 3 rings (SSSR count). The number of halogens is 1. The maximum Gasteiger partial charge on any atom is 0.258 e. The van der Waals surface area contributed by atoms with E-state index in [1.165, 1.54) is 10.2 Å². The van der Waals surface area contributed by atoms with Crippen LogP contribution in [0.25, 0.3) is 0 Å². The zero-order valence-electron chi connectivity index (χ0n) is 11.2. The van der Waals surface area contributed by atoms with Crippen molar-refractivity contribution in [1.29, 1.82) is 0 Å². The Kier molecular flexibility index (Phi) is 3.26. The molecule has 0 amide bonds. The Morgan fingerprint density at radius 1 is 1.30 bits per heavy atom. The van der Waals surface area contributed by atoms with Gasteiger partial charge in [-0.25, -0.2) is 0 Å². The van der Waals surface area contributed by atoms with Crippen LogP contribution in [0.2, 0.25) is 0 Å². The lowest BCUT2D eigenvalue weighted by Crippen LogP contribution is -2.22. The van der Waals surface area contributed by atoms with Crippen molar-refractivity contribution in [3.8, 4) is 0 Å². The Labute approximate surface area is 122 Å². The van der Waals surface area contributed by atoms with E-state index in [1.54, 1.807) is 7.05 Å². The molecule has 104 valence electrons. The number of nitrogen functional groups attached to an aromatic ring is 1. The van der Waals surface area contributed by atoms with E-state index >= 15 is 0 Å². The highest BCUT2D eigenvalue weighted by Crippen LogP contribution is 2.48. The molecule has 1 fully saturated rings. The number of aryl methyl sites for hydroxylation is 1. The van der Waals surface area contributed by atoms with Gasteiger partial charge in [-0.05, 0) is 35.9 Å². The molecule has 0 bridgehead atoms. The maximum atomic E-state index is 11.5. The van der Waals surface area contributed by atoms with Crippen molar-refractivity contribution in [1.82, 2.24) is 9.78 Å². The predicted octanol–water partition coefficient (Wildman–Crippen LogP) is 3.04. The molecule has 1 aromatic heterocycles. The second-order valence-electron chi connectivity index (χ2n) is 5.32. The monoisotopic (exact) mass is 289 g/mol. The summed E-state index contributed by atoms with van der Waals surface area (Å²) in [5, 5.41) is 3.85. The lowest BCUT2D eigenvalue weighted by molar-refractivity contribution is 0.108. The van der Waals surface area contributed by atoms with E-state index in [0.29, 0.717) is 17.3 Å². The summed E-state index contributed by atoms with van der Waals surface area (Å²) in [6.07, 6.45) is 1.97. The third-order valence-electron chi connectivity index (χ3n) is 4.11. The van der Waals surface area contributed by atoms with Crippen molar-refractivity contribution in [3.63, 3.8) is 0 Å². The summed E-state index contributed by atoms with van der Waals surface area (Å²) >= 11 is 5.63. The Hall–Kier alpha value is -1.81. The molecule has 0 spiro atoms. The highest BCUT2D eigenvalue weighted by Gasteiger charge is 2.36. The molecule has 4 nitrogen and oxygen atoms in total. The molecule has 1 heterocycles. The third-order valence-corrected chi connectivity index (χ3v) is 4.30. The summed E-state index contributed by atoms with van der Waals surface area (Å²) < 4.78 is 1.53. The summed E-state index contributed by atoms with van der Waals surface area (Å²) in [7, 11) is 1.73. The van der Waals surface area contributed by atoms with Crippen LogP contribution in [0.3, 0.4) is 0 Å². The number of carbonyl (C=O) groups is 1. The van der Waals surface area contributed by atoms with Gasteiger partial charge in [0.15, 0.2) is 0 Å². The summed E-state index contributed by atoms with van der Waals surface area (Å²) in [6, 6.07) is 10.4. The molecule has 2 N–H and O–H groups in total. The Bertz CT molecular complexity index is 645. The van der Waals surface area contributed by atoms with Crippen LogP contribution in [0.5, 0.6) is 0 Å². The molecule has 0 saturated heterocycles. The van der Waals surface area contributed by atoms with Crippen LogP contribution >= 0.6 is 11.6 Å². The van der Waals surface area contributed by atoms with Gasteiger partial charge in [-0.2, -0.15) is 5.10 Å². The summed E-state index contributed by atoms with van der Waals surface area (Å²) in [5.41, 5.74) is 8.33. The minimum Gasteiger partial charge on any atom is -0.383 e. The van der Waals surface area contributed by atoms with Gasteiger partial charge >= 0.3 is 0 Å². The van der Waals surface area contributed by atoms with Gasteiger partial charge in [0.1, 0.15) is 5.82 Å². The van der Waals surface area contributed by atoms with Crippen molar-refractivity contribution in [2.24, 2.45) is 7.05 Å². The largest absolute Gasteiger partial charge is 0.383 e. The fraction of sp³-hybridized carbons (Fsp3) is 0.333. The first kappa shape index (κ1) is 13.2. The zero-order valence-corrected chi connectivity index (χ0v) is 12.0. The SMILES string of the molecule is Cn1nc(C2CC(c3ccccc3)C2)c(C(=O)Cl)c1N. The number of anilines is 1. The van der Waals surface area contributed by atoms with Crippen molar-refractivity contribution in [2.75, 3.05) is 5.73 Å². The highest BCUT2D eigenvalue weighted by molar-refractivity contribution is 6.68. The first-order chi connectivity index (χ1) is 9.58. The summed E-state index contributed by atoms with van der Waals surface area (Å²) in [6.45, 7) is 0. The minimum absolute atomic E-state index is 0.265. The summed E-state index contributed by atoms with van der Waals surface area (Å²) in [5.74, 6) is 1.15. The molecule has 2 aromatic rings. The number of nitrogens with two attached hydrogens (primary N) is 1. The van der Waals surface area contributed by atoms with Gasteiger partial charge in [0, 0.05) is 13.0 Å². The molecule has 0 radical (unpaired) electrons. The molecule has 1 aliphatic rings. The fourth-order valence-corrected chi connectivity index (χ4v) is 3.08. The van der Waals surface area contributed by atoms with Crippen LogP contribution in [0.15, 0.2) is 30.3 Å². The Morgan fingerprint density at radius 3 is 2.55 bits per heavy atom. The maximum absolute atomic E-state index is 11.5. The standard InChI is InChI=1S/C15H16ClN3O/c1-19-15(17)12(14(16)20)13(18-19)11-7-10(8-11)9-5-3-2-4-6-9/h2-6,10-11H,7-8,17H2,1H3. The highest BCUT2D eigenvalue weighted by atomic mass is 35.5. The number of rotatable bonds is 3. The van der Waals surface area contributed by atoms with Gasteiger partial charge in [-0.3, -0.25) is 9.48 Å². The molecule has 0 aliphatic heterocycles. The number of aromatic nitrogens is 2. The van der Waals surface area contributed by atoms with Gasteiger partial charge in [0.05, 0.1) is 11.3 Å². The molecule has 1 saturated carbocycles. The van der Waals surface area contributed by atoms with Gasteiger partial charge in [-0.1, -0.05) is 30.3 Å². The second-order valence-corrected chi connectivity index (χ2v) is 5.66. The average Bonchev–Trinajstić information content (AvgIpc) is 2.65. The third kappa shape index (κ3) is 2.10. The van der Waals surface area contributed by atoms with E-state index in [4.69, 9.17) is 17.3 Å². The van der Waals surface area contributed by atoms with E-state index in [9.17, 15) is 4.79 Å². The van der Waals surface area contributed by atoms with Crippen LogP contribution in [0.4, 0.5) is 5.82 Å². The first-order valence-corrected chi connectivity index (χ1v) is 7.03. The van der Waals surface area contributed by atoms with E-state index in [0.717, 1.165) is 18.5 Å². The second kappa shape index (κ2) is 4.94. The molecule has 0 atom stereocenters. The minimum atomic E-state index is -0.520. The van der Waals surface area contributed by atoms with Crippen LogP contribution in [-0.4, -0.2) is 15.0 Å². The topological polar surface area (TPSA) is 60.9 Å². The van der Waals surface area contributed by atoms with Gasteiger partial charge in [0.2, 0.25) is 0 Å². The van der Waals surface area contributed by atoms with Gasteiger partial charge in [0.25, 0.3) is 5.24 Å². The summed E-state index contributed by atoms with van der Waals surface area (Å²) in [4.78, 5) is 11.5. The molecule has 5 heteroatoms. The van der Waals surface area contributed by atoms with Crippen molar-refractivity contribution < 1.29 is 4.79 Å². The van der Waals surface area contributed by atoms with Gasteiger partial charge < -0.3 is 5.73 Å². The smallest absolute Gasteiger partial charge is 0.258 e. The lowest BCUT2D eigenvalue weighted by atomic mass is 9.69. The molecular weight excluding hydrogens is 274 g/mol. The lowest BCUT2D eigenvalue weighted by Gasteiger charge is -2.35. The first-order valence-electron chi connectivity index (χ1n) is 6.65. The van der Waals surface area contributed by atoms with Gasteiger partial charge in [-0.15, -0.1) is 0 Å². The van der Waals surface area contributed by atoms with Crippen LogP contribution in [-0.2, 0) is 7.05 Å². The Balaban J connectivity index is 1.81. The number of hydrogen-bond donors (Lipinski definition) is 1. The van der Waals surface area contributed by atoms with Crippen LogP contribution in [0, 0.1) is 0 Å². The van der Waals surface area contributed by atoms with E-state index < -0.39 is 5.24 Å². The van der Waals surface area contributed by atoms with Crippen LogP contribution in [0.1, 0.15) is 46.3 Å². The van der Waals surface area contributed by atoms with Crippen molar-refractivity contribution >= 4 is 22.7 Å². The molecule has 1 aliphatic carbocycles. The molecule has 0 unspecified atom stereocenters. The van der Waals surface area contributed by atoms with Crippen LogP contribution < -0.4 is 5.73 Å². The van der Waals surface area contributed by atoms with E-state index in [2.05, 4.69) is 29.4 Å². The van der Waals surface area contributed by atoms with Crippen molar-refractivity contribution in [2.45, 2.75) is 24.7 Å². The van der Waals surface area contributed by atoms with Crippen molar-refractivity contribution in [3.05, 3.63) is 47.2 Å². The van der Waals surface area contributed by atoms with E-state index in [-0.39, 0.29) is 5.92 Å². The quantitative estimate of drug-likeness (QED) is 0.884. The fourth-order valence-electron chi connectivity index (χ4n) is 2.88. The number of carbonyl (C=O) groups excluding carboxylic acids is 1. The zero-order chi connectivity index (χ0) is 14.3. The molecular formula is C15H16ClN3O.